The SMILES string of the molecule is CCCCCN1C/C=C\CCC(=O)N[C@@H](C)[C@H](c2ccccc2)OC(=O)[C@@H]2[C@H]3C(=O)N([C@@H](CO)CC(C)C)[C@H](C1=O)[C@]31C=C[C@H]2O1. The molecule has 1 aromatic rings. The summed E-state index contributed by atoms with van der Waals surface area (Å²) >= 11 is 0. The van der Waals surface area contributed by atoms with Crippen molar-refractivity contribution in [1.29, 1.82) is 0 Å². The molecular formula is C36H49N3O7. The number of rotatable bonds is 9. The molecule has 3 amide bonds. The van der Waals surface area contributed by atoms with Crippen LogP contribution in [0, 0.1) is 17.8 Å². The number of benzene rings is 1. The van der Waals surface area contributed by atoms with Gasteiger partial charge >= 0.3 is 5.97 Å². The van der Waals surface area contributed by atoms with E-state index in [1.54, 1.807) is 24.0 Å². The predicted molar refractivity (Wildman–Crippen MR) is 172 cm³/mol. The molecule has 46 heavy (non-hydrogen) atoms. The molecule has 2 fully saturated rings. The average Bonchev–Trinajstić information content (AvgIpc) is 3.68. The predicted octanol–water partition coefficient (Wildman–Crippen LogP) is 3.70. The highest BCUT2D eigenvalue weighted by Gasteiger charge is 2.74. The number of nitrogens with zero attached hydrogens (tertiary/aromatic N) is 2. The second-order valence-corrected chi connectivity index (χ2v) is 13.5. The van der Waals surface area contributed by atoms with Gasteiger partial charge in [0, 0.05) is 19.5 Å². The highest BCUT2D eigenvalue weighted by molar-refractivity contribution is 5.99. The van der Waals surface area contributed by atoms with Crippen LogP contribution >= 0.6 is 0 Å². The number of likely N-dealkylation sites (tertiary alicyclic amines) is 1. The Balaban J connectivity index is 1.59. The third-order valence-corrected chi connectivity index (χ3v) is 9.75. The monoisotopic (exact) mass is 635 g/mol. The Bertz CT molecular complexity index is 1330. The maximum absolute atomic E-state index is 14.7. The first-order valence-corrected chi connectivity index (χ1v) is 16.9. The number of aliphatic hydroxyl groups excluding tert-OH is 1. The number of esters is 1. The van der Waals surface area contributed by atoms with Crippen molar-refractivity contribution in [2.75, 3.05) is 19.7 Å². The quantitative estimate of drug-likeness (QED) is 0.241. The topological polar surface area (TPSA) is 125 Å². The van der Waals surface area contributed by atoms with Gasteiger partial charge in [0.2, 0.25) is 17.7 Å². The zero-order valence-corrected chi connectivity index (χ0v) is 27.5. The highest BCUT2D eigenvalue weighted by atomic mass is 16.6. The number of ether oxygens (including phenoxy) is 2. The first-order chi connectivity index (χ1) is 22.1. The van der Waals surface area contributed by atoms with Crippen LogP contribution in [0.25, 0.3) is 0 Å². The number of amides is 3. The third kappa shape index (κ3) is 6.51. The summed E-state index contributed by atoms with van der Waals surface area (Å²) in [4.78, 5) is 59.7. The van der Waals surface area contributed by atoms with Crippen LogP contribution in [0.4, 0.5) is 0 Å². The molecule has 10 nitrogen and oxygen atoms in total. The molecule has 8 atom stereocenters. The fourth-order valence-electron chi connectivity index (χ4n) is 7.63. The lowest BCUT2D eigenvalue weighted by Gasteiger charge is -2.39. The van der Waals surface area contributed by atoms with E-state index in [4.69, 9.17) is 9.47 Å². The van der Waals surface area contributed by atoms with Gasteiger partial charge in [0.25, 0.3) is 0 Å². The number of nitrogens with one attached hydrogen (secondary N) is 1. The first kappa shape index (κ1) is 33.9. The smallest absolute Gasteiger partial charge is 0.313 e. The van der Waals surface area contributed by atoms with E-state index in [0.717, 1.165) is 19.3 Å². The van der Waals surface area contributed by atoms with E-state index in [2.05, 4.69) is 12.2 Å². The molecule has 0 saturated carbocycles. The molecule has 4 heterocycles. The van der Waals surface area contributed by atoms with Crippen molar-refractivity contribution < 1.29 is 33.8 Å². The summed E-state index contributed by atoms with van der Waals surface area (Å²) in [5.41, 5.74) is -0.654. The number of fused-ring (bicyclic) bond motifs is 2. The molecule has 250 valence electrons. The lowest BCUT2D eigenvalue weighted by Crippen LogP contribution is -2.58. The Kier molecular flexibility index (Phi) is 10.7. The zero-order valence-electron chi connectivity index (χ0n) is 27.5. The van der Waals surface area contributed by atoms with Crippen LogP contribution in [0.1, 0.15) is 77.9 Å². The van der Waals surface area contributed by atoms with E-state index in [0.29, 0.717) is 31.5 Å². The van der Waals surface area contributed by atoms with E-state index in [1.165, 1.54) is 4.90 Å². The van der Waals surface area contributed by atoms with Crippen molar-refractivity contribution in [3.05, 3.63) is 60.2 Å². The van der Waals surface area contributed by atoms with E-state index in [1.807, 2.05) is 56.3 Å². The molecule has 0 radical (unpaired) electrons. The lowest BCUT2D eigenvalue weighted by atomic mass is 9.74. The molecule has 0 unspecified atom stereocenters. The largest absolute Gasteiger partial charge is 0.455 e. The van der Waals surface area contributed by atoms with Crippen molar-refractivity contribution in [1.82, 2.24) is 15.1 Å². The Hall–Kier alpha value is -3.50. The molecule has 0 aromatic heterocycles. The summed E-state index contributed by atoms with van der Waals surface area (Å²) in [6.07, 6.45) is 9.72. The van der Waals surface area contributed by atoms with Crippen LogP contribution in [-0.2, 0) is 28.7 Å². The van der Waals surface area contributed by atoms with Crippen molar-refractivity contribution in [3.8, 4) is 0 Å². The van der Waals surface area contributed by atoms with E-state index < -0.39 is 53.7 Å². The van der Waals surface area contributed by atoms with Gasteiger partial charge in [-0.1, -0.05) is 88.2 Å². The lowest BCUT2D eigenvalue weighted by molar-refractivity contribution is -0.162. The van der Waals surface area contributed by atoms with Crippen LogP contribution in [0.3, 0.4) is 0 Å². The molecule has 0 aliphatic carbocycles. The molecule has 10 heteroatoms. The van der Waals surface area contributed by atoms with Crippen LogP contribution in [0.2, 0.25) is 0 Å². The zero-order chi connectivity index (χ0) is 33.0. The van der Waals surface area contributed by atoms with E-state index in [-0.39, 0.29) is 36.7 Å². The Morgan fingerprint density at radius 3 is 2.52 bits per heavy atom. The molecular weight excluding hydrogens is 586 g/mol. The third-order valence-electron chi connectivity index (χ3n) is 9.75. The second-order valence-electron chi connectivity index (χ2n) is 13.5. The van der Waals surface area contributed by atoms with Crippen LogP contribution in [-0.4, -0.2) is 88.1 Å². The van der Waals surface area contributed by atoms with Gasteiger partial charge in [-0.2, -0.15) is 0 Å². The minimum atomic E-state index is -1.37. The molecule has 1 spiro atoms. The number of cyclic esters (lactones) is 1. The number of carbonyl (C=O) groups excluding carboxylic acids is 4. The van der Waals surface area contributed by atoms with Gasteiger partial charge in [0.05, 0.1) is 30.7 Å². The van der Waals surface area contributed by atoms with E-state index >= 15 is 0 Å². The minimum Gasteiger partial charge on any atom is -0.455 e. The first-order valence-electron chi connectivity index (χ1n) is 16.9. The fourth-order valence-corrected chi connectivity index (χ4v) is 7.63. The summed E-state index contributed by atoms with van der Waals surface area (Å²) in [7, 11) is 0. The minimum absolute atomic E-state index is 0.143. The van der Waals surface area contributed by atoms with Gasteiger partial charge in [0.15, 0.2) is 0 Å². The van der Waals surface area contributed by atoms with Gasteiger partial charge in [-0.3, -0.25) is 19.2 Å². The number of allylic oxidation sites excluding steroid dienone is 1. The van der Waals surface area contributed by atoms with Crippen molar-refractivity contribution >= 4 is 23.7 Å². The summed E-state index contributed by atoms with van der Waals surface area (Å²) in [6, 6.07) is 7.01. The van der Waals surface area contributed by atoms with Gasteiger partial charge in [-0.25, -0.2) is 0 Å². The molecule has 5 rings (SSSR count). The van der Waals surface area contributed by atoms with Gasteiger partial charge in [-0.15, -0.1) is 0 Å². The molecule has 5 bridgehead atoms. The number of hydrogen-bond acceptors (Lipinski definition) is 7. The number of aliphatic hydroxyl groups is 1. The van der Waals surface area contributed by atoms with Gasteiger partial charge < -0.3 is 29.7 Å². The molecule has 2 saturated heterocycles. The van der Waals surface area contributed by atoms with Crippen LogP contribution < -0.4 is 5.32 Å². The second kappa shape index (κ2) is 14.5. The average molecular weight is 636 g/mol. The van der Waals surface area contributed by atoms with Crippen LogP contribution in [0.5, 0.6) is 0 Å². The normalized spacial score (nSPS) is 32.9. The van der Waals surface area contributed by atoms with Crippen LogP contribution in [0.15, 0.2) is 54.6 Å². The fraction of sp³-hybridized carbons (Fsp3) is 0.611. The summed E-state index contributed by atoms with van der Waals surface area (Å²) in [6.45, 7) is 8.40. The molecule has 1 aromatic carbocycles. The Labute approximate surface area is 272 Å². The maximum Gasteiger partial charge on any atom is 0.313 e. The summed E-state index contributed by atoms with van der Waals surface area (Å²) in [5.74, 6) is -3.28. The van der Waals surface area contributed by atoms with Crippen molar-refractivity contribution in [3.63, 3.8) is 0 Å². The molecule has 4 aliphatic heterocycles. The van der Waals surface area contributed by atoms with Crippen molar-refractivity contribution in [2.45, 2.75) is 102 Å². The Morgan fingerprint density at radius 1 is 1.07 bits per heavy atom. The number of unbranched alkanes of at least 4 members (excludes halogenated alkanes) is 2. The molecule has 2 N–H and O–H groups in total. The summed E-state index contributed by atoms with van der Waals surface area (Å²) in [5, 5.41) is 13.6. The van der Waals surface area contributed by atoms with E-state index in [9.17, 15) is 24.3 Å². The van der Waals surface area contributed by atoms with Gasteiger partial charge in [0.1, 0.15) is 23.7 Å². The van der Waals surface area contributed by atoms with Crippen molar-refractivity contribution in [2.24, 2.45) is 17.8 Å². The maximum atomic E-state index is 14.7. The Morgan fingerprint density at radius 2 is 1.83 bits per heavy atom. The summed E-state index contributed by atoms with van der Waals surface area (Å²) < 4.78 is 12.8. The highest BCUT2D eigenvalue weighted by Crippen LogP contribution is 2.56. The number of carbonyl (C=O) groups is 4. The molecule has 4 aliphatic rings. The number of hydrogen-bond donors (Lipinski definition) is 2. The van der Waals surface area contributed by atoms with Gasteiger partial charge in [-0.05, 0) is 37.7 Å². The standard InChI is InChI=1S/C36H49N3O7/c1-5-6-12-19-38-20-13-8-11-16-28(41)37-24(4)31(25-14-9-7-10-15-25)45-35(44)29-27-17-18-36(46-27)30(29)33(42)39(32(36)34(38)43)26(22-40)21-23(2)3/h7-10,13-15,17-18,23-24,26-27,29-32,40H,5-6,11-12,16,19-22H2,1-4H3,(H,37,41)/b13-8-/t24-,26+,27+,29-,30-,31+,32+,36-/m0/s1.